The van der Waals surface area contributed by atoms with Gasteiger partial charge in [0.15, 0.2) is 0 Å². The Morgan fingerprint density at radius 2 is 1.97 bits per heavy atom. The number of aromatic nitrogens is 4. The van der Waals surface area contributed by atoms with Crippen molar-refractivity contribution in [2.45, 2.75) is 31.3 Å². The van der Waals surface area contributed by atoms with Gasteiger partial charge in [0, 0.05) is 19.2 Å². The zero-order valence-electron chi connectivity index (χ0n) is 17.0. The predicted molar refractivity (Wildman–Crippen MR) is 115 cm³/mol. The van der Waals surface area contributed by atoms with Crippen LogP contribution in [0.1, 0.15) is 25.3 Å². The lowest BCUT2D eigenvalue weighted by Crippen LogP contribution is -2.46. The van der Waals surface area contributed by atoms with Crippen LogP contribution in [0.2, 0.25) is 0 Å². The number of nitrogens with zero attached hydrogens (tertiary/aromatic N) is 6. The first-order chi connectivity index (χ1) is 15.1. The topological polar surface area (TPSA) is 93.4 Å². The number of rotatable bonds is 5. The first kappa shape index (κ1) is 19.8. The van der Waals surface area contributed by atoms with Gasteiger partial charge in [-0.25, -0.2) is 4.90 Å². The van der Waals surface area contributed by atoms with Gasteiger partial charge < -0.3 is 4.74 Å². The number of ether oxygens (including phenoxy) is 1. The molecule has 2 aliphatic rings. The minimum absolute atomic E-state index is 0.138. The van der Waals surface area contributed by atoms with Crippen LogP contribution in [0.15, 0.2) is 41.8 Å². The summed E-state index contributed by atoms with van der Waals surface area (Å²) >= 11 is 1.59. The summed E-state index contributed by atoms with van der Waals surface area (Å²) < 4.78 is 5.23. The number of methoxy groups -OCH3 is 1. The number of imide groups is 1. The molecule has 2 saturated heterocycles. The average Bonchev–Trinajstić information content (AvgIpc) is 3.54. The van der Waals surface area contributed by atoms with Crippen molar-refractivity contribution in [2.75, 3.05) is 25.1 Å². The smallest absolute Gasteiger partial charge is 0.251 e. The largest absolute Gasteiger partial charge is 0.497 e. The van der Waals surface area contributed by atoms with Gasteiger partial charge in [-0.05, 0) is 41.6 Å². The summed E-state index contributed by atoms with van der Waals surface area (Å²) in [4.78, 5) is 31.8. The van der Waals surface area contributed by atoms with Crippen LogP contribution in [-0.2, 0) is 9.59 Å². The van der Waals surface area contributed by atoms with Gasteiger partial charge in [0.2, 0.25) is 11.7 Å². The van der Waals surface area contributed by atoms with E-state index in [0.717, 1.165) is 17.7 Å². The molecular formula is C21H22N6O3S. The Morgan fingerprint density at radius 1 is 1.13 bits per heavy atom. The first-order valence-corrected chi connectivity index (χ1v) is 11.1. The molecule has 0 N–H and O–H groups in total. The highest BCUT2D eigenvalue weighted by atomic mass is 32.1. The fourth-order valence-electron chi connectivity index (χ4n) is 4.23. The quantitative estimate of drug-likeness (QED) is 0.565. The fraction of sp³-hybridized carbons (Fsp3) is 0.381. The Morgan fingerprint density at radius 3 is 2.71 bits per heavy atom. The number of tetrazole rings is 1. The van der Waals surface area contributed by atoms with Crippen LogP contribution >= 0.6 is 11.3 Å². The molecule has 1 atom stereocenters. The van der Waals surface area contributed by atoms with Gasteiger partial charge in [0.25, 0.3) is 5.91 Å². The van der Waals surface area contributed by atoms with Crippen LogP contribution in [0.25, 0.3) is 10.7 Å². The molecule has 2 amide bonds. The number of anilines is 1. The summed E-state index contributed by atoms with van der Waals surface area (Å²) in [6.45, 7) is 1.41. The number of likely N-dealkylation sites (tertiary alicyclic amines) is 1. The highest BCUT2D eigenvalue weighted by molar-refractivity contribution is 7.13. The van der Waals surface area contributed by atoms with E-state index in [1.54, 1.807) is 47.5 Å². The molecule has 5 rings (SSSR count). The molecule has 2 aromatic heterocycles. The Labute approximate surface area is 183 Å². The van der Waals surface area contributed by atoms with Crippen LogP contribution in [0.3, 0.4) is 0 Å². The molecule has 3 aromatic rings. The normalized spacial score (nSPS) is 20.5. The van der Waals surface area contributed by atoms with E-state index in [1.165, 1.54) is 4.90 Å². The monoisotopic (exact) mass is 438 g/mol. The van der Waals surface area contributed by atoms with Crippen LogP contribution < -0.4 is 9.64 Å². The molecule has 10 heteroatoms. The second kappa shape index (κ2) is 8.20. The third kappa shape index (κ3) is 3.72. The molecule has 1 aromatic carbocycles. The summed E-state index contributed by atoms with van der Waals surface area (Å²) in [7, 11) is 1.56. The van der Waals surface area contributed by atoms with Gasteiger partial charge in [0.1, 0.15) is 5.75 Å². The summed E-state index contributed by atoms with van der Waals surface area (Å²) in [5.41, 5.74) is 0.555. The number of carbonyl (C=O) groups is 2. The van der Waals surface area contributed by atoms with E-state index < -0.39 is 6.04 Å². The number of hydrogen-bond acceptors (Lipinski definition) is 8. The molecule has 0 bridgehead atoms. The molecule has 2 aliphatic heterocycles. The molecule has 160 valence electrons. The molecule has 0 radical (unpaired) electrons. The molecule has 9 nitrogen and oxygen atoms in total. The number of benzene rings is 1. The van der Waals surface area contributed by atoms with Gasteiger partial charge in [-0.3, -0.25) is 14.5 Å². The number of carbonyl (C=O) groups excluding carboxylic acids is 2. The molecule has 0 saturated carbocycles. The van der Waals surface area contributed by atoms with E-state index >= 15 is 0 Å². The van der Waals surface area contributed by atoms with E-state index in [-0.39, 0.29) is 24.3 Å². The van der Waals surface area contributed by atoms with Crippen molar-refractivity contribution < 1.29 is 14.3 Å². The van der Waals surface area contributed by atoms with E-state index in [0.29, 0.717) is 30.4 Å². The molecule has 1 unspecified atom stereocenters. The van der Waals surface area contributed by atoms with Crippen molar-refractivity contribution in [1.29, 1.82) is 0 Å². The van der Waals surface area contributed by atoms with Gasteiger partial charge in [-0.1, -0.05) is 12.1 Å². The molecule has 2 fully saturated rings. The minimum Gasteiger partial charge on any atom is -0.497 e. The number of amides is 2. The summed E-state index contributed by atoms with van der Waals surface area (Å²) in [5, 5.41) is 14.9. The van der Waals surface area contributed by atoms with Crippen molar-refractivity contribution in [3.05, 3.63) is 41.8 Å². The third-order valence-electron chi connectivity index (χ3n) is 5.87. The van der Waals surface area contributed by atoms with Gasteiger partial charge >= 0.3 is 0 Å². The lowest BCUT2D eigenvalue weighted by Gasteiger charge is -2.34. The summed E-state index contributed by atoms with van der Waals surface area (Å²) in [6.07, 6.45) is 1.81. The van der Waals surface area contributed by atoms with E-state index in [4.69, 9.17) is 4.74 Å². The Bertz CT molecular complexity index is 1090. The SMILES string of the molecule is COc1cccc(N2C(=O)CC(N3CCC(n4nnc(-c5cccs5)n4)CC3)C2=O)c1. The first-order valence-electron chi connectivity index (χ1n) is 10.2. The molecular weight excluding hydrogens is 416 g/mol. The molecule has 4 heterocycles. The maximum Gasteiger partial charge on any atom is 0.251 e. The molecule has 0 spiro atoms. The van der Waals surface area contributed by atoms with E-state index in [2.05, 4.69) is 20.3 Å². The maximum absolute atomic E-state index is 13.1. The van der Waals surface area contributed by atoms with Crippen molar-refractivity contribution >= 4 is 28.8 Å². The molecule has 31 heavy (non-hydrogen) atoms. The number of piperidine rings is 1. The molecule has 0 aliphatic carbocycles. The second-order valence-electron chi connectivity index (χ2n) is 7.67. The zero-order valence-corrected chi connectivity index (χ0v) is 17.9. The fourth-order valence-corrected chi connectivity index (χ4v) is 4.88. The lowest BCUT2D eigenvalue weighted by molar-refractivity contribution is -0.123. The van der Waals surface area contributed by atoms with E-state index in [9.17, 15) is 9.59 Å². The number of thiophene rings is 1. The van der Waals surface area contributed by atoms with Crippen molar-refractivity contribution in [2.24, 2.45) is 0 Å². The average molecular weight is 439 g/mol. The summed E-state index contributed by atoms with van der Waals surface area (Å²) in [5.74, 6) is 0.909. The number of hydrogen-bond donors (Lipinski definition) is 0. The second-order valence-corrected chi connectivity index (χ2v) is 8.61. The predicted octanol–water partition coefficient (Wildman–Crippen LogP) is 2.38. The highest BCUT2D eigenvalue weighted by Gasteiger charge is 2.43. The maximum atomic E-state index is 13.1. The van der Waals surface area contributed by atoms with E-state index in [1.807, 2.05) is 17.5 Å². The lowest BCUT2D eigenvalue weighted by atomic mass is 10.0. The summed E-state index contributed by atoms with van der Waals surface area (Å²) in [6, 6.07) is 10.7. The minimum atomic E-state index is -0.426. The van der Waals surface area contributed by atoms with Crippen molar-refractivity contribution in [1.82, 2.24) is 25.1 Å². The Kier molecular flexibility index (Phi) is 5.24. The van der Waals surface area contributed by atoms with Crippen LogP contribution in [0.5, 0.6) is 5.75 Å². The Balaban J connectivity index is 1.24. The van der Waals surface area contributed by atoms with Gasteiger partial charge in [-0.15, -0.1) is 21.5 Å². The van der Waals surface area contributed by atoms with Gasteiger partial charge in [0.05, 0.1) is 36.2 Å². The van der Waals surface area contributed by atoms with Crippen LogP contribution in [0, 0.1) is 0 Å². The van der Waals surface area contributed by atoms with Gasteiger partial charge in [-0.2, -0.15) is 4.80 Å². The zero-order chi connectivity index (χ0) is 21.4. The standard InChI is InChI=1S/C21H22N6O3S/c1-30-16-5-2-4-15(12-16)26-19(28)13-17(21(26)29)25-9-7-14(8-10-25)27-23-20(22-24-27)18-6-3-11-31-18/h2-6,11-12,14,17H,7-10,13H2,1H3. The highest BCUT2D eigenvalue weighted by Crippen LogP contribution is 2.31. The van der Waals surface area contributed by atoms with Crippen molar-refractivity contribution in [3.63, 3.8) is 0 Å². The van der Waals surface area contributed by atoms with Crippen LogP contribution in [0.4, 0.5) is 5.69 Å². The Hall–Kier alpha value is -3.11. The third-order valence-corrected chi connectivity index (χ3v) is 6.74. The van der Waals surface area contributed by atoms with Crippen molar-refractivity contribution in [3.8, 4) is 16.5 Å². The van der Waals surface area contributed by atoms with Crippen LogP contribution in [-0.4, -0.2) is 63.2 Å².